The minimum atomic E-state index is 0.206. The van der Waals surface area contributed by atoms with Crippen LogP contribution in [0.5, 0.6) is 0 Å². The van der Waals surface area contributed by atoms with Crippen molar-refractivity contribution in [3.8, 4) is 0 Å². The molecule has 0 aliphatic carbocycles. The van der Waals surface area contributed by atoms with E-state index in [9.17, 15) is 0 Å². The lowest BCUT2D eigenvalue weighted by molar-refractivity contribution is 0.594. The highest BCUT2D eigenvalue weighted by molar-refractivity contribution is 5.82. The number of rotatable bonds is 5. The number of nitrogens with one attached hydrogen (secondary N) is 1. The number of hydrogen-bond donors (Lipinski definition) is 1. The summed E-state index contributed by atoms with van der Waals surface area (Å²) >= 11 is 0. The molecule has 0 fully saturated rings. The molecule has 1 atom stereocenters. The Hall–Kier alpha value is -1.67. The SMILES string of the molecule is C=C(C)C(NCCC)c1cccc2ncccc12. The van der Waals surface area contributed by atoms with Crippen LogP contribution in [0.25, 0.3) is 10.9 Å². The van der Waals surface area contributed by atoms with Crippen LogP contribution in [-0.2, 0) is 0 Å². The van der Waals surface area contributed by atoms with Crippen molar-refractivity contribution in [2.24, 2.45) is 0 Å². The van der Waals surface area contributed by atoms with Crippen LogP contribution in [-0.4, -0.2) is 11.5 Å². The van der Waals surface area contributed by atoms with E-state index in [0.717, 1.165) is 24.1 Å². The van der Waals surface area contributed by atoms with E-state index in [1.54, 1.807) is 0 Å². The molecule has 0 saturated carbocycles. The molecule has 1 heterocycles. The quantitative estimate of drug-likeness (QED) is 0.803. The summed E-state index contributed by atoms with van der Waals surface area (Å²) < 4.78 is 0. The second-order valence-electron chi connectivity index (χ2n) is 4.65. The minimum Gasteiger partial charge on any atom is -0.307 e. The Morgan fingerprint density at radius 1 is 1.33 bits per heavy atom. The van der Waals surface area contributed by atoms with Crippen LogP contribution in [0.4, 0.5) is 0 Å². The van der Waals surface area contributed by atoms with E-state index in [2.05, 4.69) is 48.9 Å². The van der Waals surface area contributed by atoms with Gasteiger partial charge in [0.1, 0.15) is 0 Å². The van der Waals surface area contributed by atoms with Crippen LogP contribution in [0.2, 0.25) is 0 Å². The van der Waals surface area contributed by atoms with Gasteiger partial charge in [-0.25, -0.2) is 0 Å². The van der Waals surface area contributed by atoms with E-state index in [4.69, 9.17) is 0 Å². The summed E-state index contributed by atoms with van der Waals surface area (Å²) in [6.45, 7) is 9.35. The maximum Gasteiger partial charge on any atom is 0.0705 e. The zero-order valence-electron chi connectivity index (χ0n) is 11.1. The Bertz CT molecular complexity index is 540. The first kappa shape index (κ1) is 12.8. The molecule has 2 aromatic rings. The highest BCUT2D eigenvalue weighted by Crippen LogP contribution is 2.27. The van der Waals surface area contributed by atoms with Gasteiger partial charge in [0, 0.05) is 11.6 Å². The molecule has 1 N–H and O–H groups in total. The second-order valence-corrected chi connectivity index (χ2v) is 4.65. The molecule has 0 saturated heterocycles. The zero-order valence-corrected chi connectivity index (χ0v) is 11.1. The van der Waals surface area contributed by atoms with E-state index in [0.29, 0.717) is 0 Å². The highest BCUT2D eigenvalue weighted by atomic mass is 14.9. The fraction of sp³-hybridized carbons (Fsp3) is 0.312. The van der Waals surface area contributed by atoms with Gasteiger partial charge < -0.3 is 5.32 Å². The molecule has 1 aromatic carbocycles. The van der Waals surface area contributed by atoms with Crippen LogP contribution < -0.4 is 5.32 Å². The molecule has 2 heteroatoms. The van der Waals surface area contributed by atoms with Gasteiger partial charge in [-0.15, -0.1) is 0 Å². The zero-order chi connectivity index (χ0) is 13.0. The van der Waals surface area contributed by atoms with Crippen LogP contribution in [0.15, 0.2) is 48.7 Å². The molecule has 94 valence electrons. The summed E-state index contributed by atoms with van der Waals surface area (Å²) in [7, 11) is 0. The third-order valence-corrected chi connectivity index (χ3v) is 3.08. The number of benzene rings is 1. The summed E-state index contributed by atoms with van der Waals surface area (Å²) in [5.41, 5.74) is 3.45. The van der Waals surface area contributed by atoms with Gasteiger partial charge in [-0.05, 0) is 37.6 Å². The highest BCUT2D eigenvalue weighted by Gasteiger charge is 2.14. The van der Waals surface area contributed by atoms with Crippen LogP contribution in [0.1, 0.15) is 31.9 Å². The number of pyridine rings is 1. The largest absolute Gasteiger partial charge is 0.307 e. The molecule has 2 rings (SSSR count). The van der Waals surface area contributed by atoms with Gasteiger partial charge in [0.25, 0.3) is 0 Å². The average Bonchev–Trinajstić information content (AvgIpc) is 2.39. The number of fused-ring (bicyclic) bond motifs is 1. The standard InChI is InChI=1S/C16H20N2/c1-4-10-18-16(12(2)3)14-7-5-9-15-13(14)8-6-11-17-15/h5-9,11,16,18H,2,4,10H2,1,3H3. The Labute approximate surface area is 109 Å². The topological polar surface area (TPSA) is 24.9 Å². The van der Waals surface area contributed by atoms with E-state index >= 15 is 0 Å². The van der Waals surface area contributed by atoms with Gasteiger partial charge in [-0.2, -0.15) is 0 Å². The normalized spacial score (nSPS) is 12.6. The van der Waals surface area contributed by atoms with Crippen molar-refractivity contribution < 1.29 is 0 Å². The molecule has 18 heavy (non-hydrogen) atoms. The minimum absolute atomic E-state index is 0.206. The average molecular weight is 240 g/mol. The predicted octanol–water partition coefficient (Wildman–Crippen LogP) is 3.85. The van der Waals surface area contributed by atoms with Crippen molar-refractivity contribution >= 4 is 10.9 Å². The first-order chi connectivity index (χ1) is 8.74. The van der Waals surface area contributed by atoms with Gasteiger partial charge in [-0.3, -0.25) is 4.98 Å². The fourth-order valence-electron chi connectivity index (χ4n) is 2.22. The smallest absolute Gasteiger partial charge is 0.0705 e. The Morgan fingerprint density at radius 2 is 2.17 bits per heavy atom. The Kier molecular flexibility index (Phi) is 4.11. The maximum atomic E-state index is 4.41. The monoisotopic (exact) mass is 240 g/mol. The van der Waals surface area contributed by atoms with Gasteiger partial charge >= 0.3 is 0 Å². The second kappa shape index (κ2) is 5.78. The molecule has 1 aromatic heterocycles. The van der Waals surface area contributed by atoms with Crippen LogP contribution in [0, 0.1) is 0 Å². The number of aromatic nitrogens is 1. The molecule has 0 amide bonds. The van der Waals surface area contributed by atoms with Crippen molar-refractivity contribution in [3.63, 3.8) is 0 Å². The fourth-order valence-corrected chi connectivity index (χ4v) is 2.22. The molecule has 0 radical (unpaired) electrons. The van der Waals surface area contributed by atoms with E-state index in [-0.39, 0.29) is 6.04 Å². The molecule has 0 aliphatic rings. The summed E-state index contributed by atoms with van der Waals surface area (Å²) in [5.74, 6) is 0. The molecule has 0 aliphatic heterocycles. The lowest BCUT2D eigenvalue weighted by Crippen LogP contribution is -2.23. The van der Waals surface area contributed by atoms with E-state index < -0.39 is 0 Å². The Morgan fingerprint density at radius 3 is 2.89 bits per heavy atom. The van der Waals surface area contributed by atoms with Crippen molar-refractivity contribution in [1.82, 2.24) is 10.3 Å². The number of nitrogens with zero attached hydrogens (tertiary/aromatic N) is 1. The summed E-state index contributed by atoms with van der Waals surface area (Å²) in [4.78, 5) is 4.41. The first-order valence-electron chi connectivity index (χ1n) is 6.46. The van der Waals surface area contributed by atoms with Crippen molar-refractivity contribution in [3.05, 3.63) is 54.2 Å². The summed E-state index contributed by atoms with van der Waals surface area (Å²) in [6.07, 6.45) is 2.95. The Balaban J connectivity index is 2.46. The predicted molar refractivity (Wildman–Crippen MR) is 77.6 cm³/mol. The van der Waals surface area contributed by atoms with Gasteiger partial charge in [0.2, 0.25) is 0 Å². The molecule has 1 unspecified atom stereocenters. The van der Waals surface area contributed by atoms with Gasteiger partial charge in [0.15, 0.2) is 0 Å². The number of hydrogen-bond acceptors (Lipinski definition) is 2. The lowest BCUT2D eigenvalue weighted by Gasteiger charge is -2.20. The summed E-state index contributed by atoms with van der Waals surface area (Å²) in [5, 5.41) is 4.76. The molecule has 2 nitrogen and oxygen atoms in total. The van der Waals surface area contributed by atoms with E-state index in [1.807, 2.05) is 18.3 Å². The molecular formula is C16H20N2. The molecular weight excluding hydrogens is 220 g/mol. The van der Waals surface area contributed by atoms with E-state index in [1.165, 1.54) is 10.9 Å². The van der Waals surface area contributed by atoms with Crippen LogP contribution in [0.3, 0.4) is 0 Å². The first-order valence-corrected chi connectivity index (χ1v) is 6.46. The van der Waals surface area contributed by atoms with Crippen molar-refractivity contribution in [2.45, 2.75) is 26.3 Å². The molecule has 0 spiro atoms. The third-order valence-electron chi connectivity index (χ3n) is 3.08. The molecule has 0 bridgehead atoms. The third kappa shape index (κ3) is 2.59. The van der Waals surface area contributed by atoms with Gasteiger partial charge in [-0.1, -0.05) is 37.3 Å². The van der Waals surface area contributed by atoms with Crippen LogP contribution >= 0.6 is 0 Å². The van der Waals surface area contributed by atoms with Crippen molar-refractivity contribution in [2.75, 3.05) is 6.54 Å². The van der Waals surface area contributed by atoms with Gasteiger partial charge in [0.05, 0.1) is 11.6 Å². The summed E-state index contributed by atoms with van der Waals surface area (Å²) in [6, 6.07) is 10.6. The van der Waals surface area contributed by atoms with Crippen molar-refractivity contribution in [1.29, 1.82) is 0 Å². The maximum absolute atomic E-state index is 4.41. The lowest BCUT2D eigenvalue weighted by atomic mass is 9.96.